The summed E-state index contributed by atoms with van der Waals surface area (Å²) in [6.07, 6.45) is 0. The van der Waals surface area contributed by atoms with Gasteiger partial charge in [-0.05, 0) is 134 Å². The van der Waals surface area contributed by atoms with Gasteiger partial charge in [-0.2, -0.15) is 0 Å². The average molecular weight is 966 g/mol. The molecule has 0 saturated carbocycles. The zero-order valence-corrected chi connectivity index (χ0v) is 41.5. The lowest BCUT2D eigenvalue weighted by atomic mass is 9.70. The van der Waals surface area contributed by atoms with E-state index in [0.29, 0.717) is 0 Å². The van der Waals surface area contributed by atoms with Crippen molar-refractivity contribution in [2.75, 3.05) is 4.90 Å². The molecule has 0 amide bonds. The van der Waals surface area contributed by atoms with Gasteiger partial charge in [-0.15, -0.1) is 0 Å². The lowest BCUT2D eigenvalue weighted by molar-refractivity contribution is 0.793. The predicted molar refractivity (Wildman–Crippen MR) is 317 cm³/mol. The molecule has 16 rings (SSSR count). The number of nitrogens with zero attached hydrogens (tertiary/aromatic N) is 3. The molecule has 0 atom stereocenters. The van der Waals surface area contributed by atoms with Crippen LogP contribution in [0.25, 0.3) is 99.5 Å². The molecule has 0 saturated heterocycles. The summed E-state index contributed by atoms with van der Waals surface area (Å²) in [5.41, 5.74) is 24.7. The molecule has 0 aliphatic heterocycles. The van der Waals surface area contributed by atoms with Crippen LogP contribution in [0, 0.1) is 0 Å². The molecule has 0 bridgehead atoms. The Bertz CT molecular complexity index is 4520. The predicted octanol–water partition coefficient (Wildman–Crippen LogP) is 19.0. The van der Waals surface area contributed by atoms with E-state index in [9.17, 15) is 0 Å². The third kappa shape index (κ3) is 6.05. The van der Waals surface area contributed by atoms with Gasteiger partial charge in [0.25, 0.3) is 0 Å². The number of fused-ring (bicyclic) bond motifs is 16. The van der Waals surface area contributed by atoms with E-state index in [2.05, 4.69) is 299 Å². The number of anilines is 3. The van der Waals surface area contributed by atoms with Crippen LogP contribution in [0.2, 0.25) is 0 Å². The van der Waals surface area contributed by atoms with Gasteiger partial charge in [-0.25, -0.2) is 0 Å². The van der Waals surface area contributed by atoms with Crippen LogP contribution >= 0.6 is 0 Å². The normalized spacial score (nSPS) is 12.8. The van der Waals surface area contributed by atoms with Crippen molar-refractivity contribution in [2.24, 2.45) is 0 Å². The van der Waals surface area contributed by atoms with Crippen LogP contribution in [-0.2, 0) is 5.41 Å². The van der Waals surface area contributed by atoms with Crippen LogP contribution in [0.15, 0.2) is 285 Å². The van der Waals surface area contributed by atoms with Gasteiger partial charge in [0.1, 0.15) is 0 Å². The highest BCUT2D eigenvalue weighted by atomic mass is 15.1. The molecule has 1 spiro atoms. The molecule has 0 radical (unpaired) electrons. The van der Waals surface area contributed by atoms with Gasteiger partial charge in [0.15, 0.2) is 0 Å². The summed E-state index contributed by atoms with van der Waals surface area (Å²) in [5.74, 6) is 0. The Labute approximate surface area is 441 Å². The average Bonchev–Trinajstić information content (AvgIpc) is 4.40. The Hall–Kier alpha value is -9.96. The number of rotatable bonds is 7. The zero-order valence-electron chi connectivity index (χ0n) is 41.5. The summed E-state index contributed by atoms with van der Waals surface area (Å²) < 4.78 is 4.93. The fourth-order valence-corrected chi connectivity index (χ4v) is 13.4. The van der Waals surface area contributed by atoms with Crippen molar-refractivity contribution >= 4 is 60.7 Å². The lowest BCUT2D eigenvalue weighted by Crippen LogP contribution is -2.26. The van der Waals surface area contributed by atoms with E-state index < -0.39 is 5.41 Å². The SMILES string of the molecule is c1ccc(-c2ccc(N(c3cc(-c4cccc5c6ccccc6n(-c6ccccc6)c45)cc(-n4c5ccccc5c5ccccc54)c3)c3ccc4c(c3)C3(c5ccccc5-c5ccccc53)c3ccccc3-4)cc2)cc1. The molecule has 354 valence electrons. The van der Waals surface area contributed by atoms with Gasteiger partial charge >= 0.3 is 0 Å². The van der Waals surface area contributed by atoms with Crippen LogP contribution in [-0.4, -0.2) is 9.13 Å². The quantitative estimate of drug-likeness (QED) is 0.155. The number of benzene rings is 12. The Morgan fingerprint density at radius 3 is 1.33 bits per heavy atom. The van der Waals surface area contributed by atoms with Crippen molar-refractivity contribution in [3.05, 3.63) is 307 Å². The first-order valence-electron chi connectivity index (χ1n) is 26.3. The van der Waals surface area contributed by atoms with E-state index in [0.717, 1.165) is 50.6 Å². The first-order valence-corrected chi connectivity index (χ1v) is 26.3. The van der Waals surface area contributed by atoms with Crippen molar-refractivity contribution in [3.8, 4) is 55.9 Å². The van der Waals surface area contributed by atoms with Crippen molar-refractivity contribution in [1.29, 1.82) is 0 Å². The summed E-state index contributed by atoms with van der Waals surface area (Å²) in [5, 5.41) is 4.90. The molecule has 0 unspecified atom stereocenters. The first kappa shape index (κ1) is 42.5. The van der Waals surface area contributed by atoms with Crippen molar-refractivity contribution in [3.63, 3.8) is 0 Å². The lowest BCUT2D eigenvalue weighted by Gasteiger charge is -2.32. The second-order valence-electron chi connectivity index (χ2n) is 20.4. The Morgan fingerprint density at radius 2 is 0.711 bits per heavy atom. The fourth-order valence-electron chi connectivity index (χ4n) is 13.4. The molecule has 3 heteroatoms. The van der Waals surface area contributed by atoms with Gasteiger partial charge in [0.2, 0.25) is 0 Å². The molecule has 2 heterocycles. The van der Waals surface area contributed by atoms with Gasteiger partial charge in [-0.1, -0.05) is 212 Å². The summed E-state index contributed by atoms with van der Waals surface area (Å²) in [4.78, 5) is 2.51. The summed E-state index contributed by atoms with van der Waals surface area (Å²) in [7, 11) is 0. The second-order valence-corrected chi connectivity index (χ2v) is 20.4. The molecular weight excluding hydrogens is 919 g/mol. The molecule has 14 aromatic rings. The third-order valence-corrected chi connectivity index (χ3v) is 16.5. The minimum atomic E-state index is -0.506. The van der Waals surface area contributed by atoms with Crippen LogP contribution in [0.3, 0.4) is 0 Å². The molecule has 0 fully saturated rings. The minimum Gasteiger partial charge on any atom is -0.310 e. The van der Waals surface area contributed by atoms with Crippen LogP contribution in [0.4, 0.5) is 17.1 Å². The van der Waals surface area contributed by atoms with E-state index in [1.165, 1.54) is 88.2 Å². The molecule has 2 aromatic heterocycles. The Morgan fingerprint density at radius 1 is 0.250 bits per heavy atom. The largest absolute Gasteiger partial charge is 0.310 e. The summed E-state index contributed by atoms with van der Waals surface area (Å²) in [6, 6.07) is 106. The summed E-state index contributed by atoms with van der Waals surface area (Å²) >= 11 is 0. The Kier molecular flexibility index (Phi) is 9.25. The molecule has 0 N–H and O–H groups in total. The molecule has 3 nitrogen and oxygen atoms in total. The Balaban J connectivity index is 1.01. The van der Waals surface area contributed by atoms with E-state index >= 15 is 0 Å². The highest BCUT2D eigenvalue weighted by Gasteiger charge is 2.51. The zero-order chi connectivity index (χ0) is 49.9. The van der Waals surface area contributed by atoms with E-state index in [1.807, 2.05) is 0 Å². The van der Waals surface area contributed by atoms with E-state index in [1.54, 1.807) is 0 Å². The minimum absolute atomic E-state index is 0.506. The van der Waals surface area contributed by atoms with E-state index in [-0.39, 0.29) is 0 Å². The van der Waals surface area contributed by atoms with Crippen molar-refractivity contribution in [1.82, 2.24) is 9.13 Å². The highest BCUT2D eigenvalue weighted by Crippen LogP contribution is 2.63. The standard InChI is InChI=1S/C73H47N3/c1-3-20-48(21-4-1)49-38-40-52(41-39-49)74(53-42-43-60-59-26-9-15-34-67(59)73(68(60)47-53)65-32-13-7-24-57(65)58-25-8-14-33-66(58)73)54-44-50(45-55(46-54)75-69-35-16-10-27-61(69)62-28-11-17-36-70(62)75)56-30-19-31-64-63-29-12-18-37-71(63)76(72(56)64)51-22-5-2-6-23-51/h1-47H. The maximum absolute atomic E-state index is 2.51. The molecular formula is C73H47N3. The highest BCUT2D eigenvalue weighted by molar-refractivity contribution is 6.14. The summed E-state index contributed by atoms with van der Waals surface area (Å²) in [6.45, 7) is 0. The van der Waals surface area contributed by atoms with Gasteiger partial charge in [0, 0.05) is 55.5 Å². The molecule has 76 heavy (non-hydrogen) atoms. The number of para-hydroxylation sites is 5. The first-order chi connectivity index (χ1) is 37.7. The van der Waals surface area contributed by atoms with Crippen LogP contribution in [0.1, 0.15) is 22.3 Å². The number of hydrogen-bond donors (Lipinski definition) is 0. The van der Waals surface area contributed by atoms with Crippen LogP contribution < -0.4 is 4.90 Å². The molecule has 2 aliphatic carbocycles. The monoisotopic (exact) mass is 965 g/mol. The van der Waals surface area contributed by atoms with Gasteiger partial charge in [-0.3, -0.25) is 0 Å². The van der Waals surface area contributed by atoms with Gasteiger partial charge in [0.05, 0.1) is 27.5 Å². The maximum atomic E-state index is 2.51. The molecule has 12 aromatic carbocycles. The van der Waals surface area contributed by atoms with E-state index in [4.69, 9.17) is 0 Å². The fraction of sp³-hybridized carbons (Fsp3) is 0.0137. The van der Waals surface area contributed by atoms with Crippen LogP contribution in [0.5, 0.6) is 0 Å². The van der Waals surface area contributed by atoms with Gasteiger partial charge < -0.3 is 14.0 Å². The topological polar surface area (TPSA) is 13.1 Å². The maximum Gasteiger partial charge on any atom is 0.0726 e. The number of hydrogen-bond acceptors (Lipinski definition) is 1. The van der Waals surface area contributed by atoms with Crippen molar-refractivity contribution in [2.45, 2.75) is 5.41 Å². The smallest absolute Gasteiger partial charge is 0.0726 e. The number of aromatic nitrogens is 2. The van der Waals surface area contributed by atoms with Crippen molar-refractivity contribution < 1.29 is 0 Å². The third-order valence-electron chi connectivity index (χ3n) is 16.5. The molecule has 2 aliphatic rings. The second kappa shape index (κ2) is 16.5.